The first-order chi connectivity index (χ1) is 6.56. The second kappa shape index (κ2) is 4.37. The average molecular weight is 201 g/mol. The van der Waals surface area contributed by atoms with Crippen LogP contribution in [0.3, 0.4) is 0 Å². The van der Waals surface area contributed by atoms with Crippen LogP contribution in [0, 0.1) is 11.6 Å². The van der Waals surface area contributed by atoms with E-state index in [9.17, 15) is 8.78 Å². The molecule has 1 aromatic carbocycles. The summed E-state index contributed by atoms with van der Waals surface area (Å²) in [7, 11) is 0. The number of halogens is 2. The van der Waals surface area contributed by atoms with E-state index in [1.807, 2.05) is 6.92 Å². The summed E-state index contributed by atoms with van der Waals surface area (Å²) < 4.78 is 26.4. The minimum atomic E-state index is -0.788. The SMILES string of the molecule is CCCC(N)c1c(F)cc(O)cc1F. The van der Waals surface area contributed by atoms with Gasteiger partial charge >= 0.3 is 0 Å². The smallest absolute Gasteiger partial charge is 0.134 e. The van der Waals surface area contributed by atoms with Crippen LogP contribution in [0.25, 0.3) is 0 Å². The molecule has 1 atom stereocenters. The minimum absolute atomic E-state index is 0.148. The molecule has 4 heteroatoms. The van der Waals surface area contributed by atoms with Gasteiger partial charge in [0.15, 0.2) is 0 Å². The first-order valence-corrected chi connectivity index (χ1v) is 4.49. The van der Waals surface area contributed by atoms with Gasteiger partial charge < -0.3 is 10.8 Å². The predicted molar refractivity (Wildman–Crippen MR) is 49.9 cm³/mol. The van der Waals surface area contributed by atoms with E-state index in [1.54, 1.807) is 0 Å². The molecule has 0 fully saturated rings. The van der Waals surface area contributed by atoms with Crippen molar-refractivity contribution in [3.05, 3.63) is 29.3 Å². The monoisotopic (exact) mass is 201 g/mol. The molecule has 0 amide bonds. The van der Waals surface area contributed by atoms with Crippen molar-refractivity contribution in [2.24, 2.45) is 5.73 Å². The van der Waals surface area contributed by atoms with Crippen LogP contribution in [0.15, 0.2) is 12.1 Å². The van der Waals surface area contributed by atoms with Crippen LogP contribution in [0.2, 0.25) is 0 Å². The molecule has 1 aromatic rings. The first-order valence-electron chi connectivity index (χ1n) is 4.49. The van der Waals surface area contributed by atoms with Crippen molar-refractivity contribution in [1.82, 2.24) is 0 Å². The van der Waals surface area contributed by atoms with Gasteiger partial charge in [0.2, 0.25) is 0 Å². The van der Waals surface area contributed by atoms with E-state index >= 15 is 0 Å². The van der Waals surface area contributed by atoms with Crippen molar-refractivity contribution in [3.63, 3.8) is 0 Å². The maximum absolute atomic E-state index is 13.2. The second-order valence-corrected chi connectivity index (χ2v) is 3.22. The Labute approximate surface area is 81.4 Å². The molecule has 0 saturated carbocycles. The van der Waals surface area contributed by atoms with Crippen molar-refractivity contribution >= 4 is 0 Å². The fourth-order valence-corrected chi connectivity index (χ4v) is 1.38. The van der Waals surface area contributed by atoms with Gasteiger partial charge in [-0.25, -0.2) is 8.78 Å². The maximum atomic E-state index is 13.2. The van der Waals surface area contributed by atoms with Crippen molar-refractivity contribution in [2.45, 2.75) is 25.8 Å². The molecule has 0 aromatic heterocycles. The summed E-state index contributed by atoms with van der Waals surface area (Å²) in [5.74, 6) is -2.00. The Morgan fingerprint density at radius 2 is 1.86 bits per heavy atom. The highest BCUT2D eigenvalue weighted by molar-refractivity contribution is 5.31. The van der Waals surface area contributed by atoms with Crippen molar-refractivity contribution < 1.29 is 13.9 Å². The minimum Gasteiger partial charge on any atom is -0.508 e. The van der Waals surface area contributed by atoms with E-state index in [0.717, 1.165) is 18.6 Å². The molecule has 0 aliphatic carbocycles. The molecule has 0 saturated heterocycles. The van der Waals surface area contributed by atoms with E-state index in [1.165, 1.54) is 0 Å². The van der Waals surface area contributed by atoms with Crippen LogP contribution in [0.4, 0.5) is 8.78 Å². The van der Waals surface area contributed by atoms with E-state index in [2.05, 4.69) is 0 Å². The zero-order valence-electron chi connectivity index (χ0n) is 7.93. The molecule has 1 rings (SSSR count). The largest absolute Gasteiger partial charge is 0.508 e. The molecule has 1 unspecified atom stereocenters. The Hall–Kier alpha value is -1.16. The maximum Gasteiger partial charge on any atom is 0.134 e. The standard InChI is InChI=1S/C10H13F2NO/c1-2-3-9(13)10-7(11)4-6(14)5-8(10)12/h4-5,9,14H,2-3,13H2,1H3. The number of nitrogens with two attached hydrogens (primary N) is 1. The molecule has 0 radical (unpaired) electrons. The highest BCUT2D eigenvalue weighted by Crippen LogP contribution is 2.25. The second-order valence-electron chi connectivity index (χ2n) is 3.22. The molecule has 0 aliphatic rings. The lowest BCUT2D eigenvalue weighted by atomic mass is 10.0. The number of benzene rings is 1. The summed E-state index contributed by atoms with van der Waals surface area (Å²) in [4.78, 5) is 0. The van der Waals surface area contributed by atoms with Crippen LogP contribution in [0.5, 0.6) is 5.75 Å². The Balaban J connectivity index is 3.07. The molecular formula is C10H13F2NO. The Morgan fingerprint density at radius 3 is 2.29 bits per heavy atom. The van der Waals surface area contributed by atoms with Gasteiger partial charge in [0, 0.05) is 23.7 Å². The quantitative estimate of drug-likeness (QED) is 0.789. The molecule has 0 bridgehead atoms. The van der Waals surface area contributed by atoms with Crippen LogP contribution in [-0.4, -0.2) is 5.11 Å². The van der Waals surface area contributed by atoms with Crippen molar-refractivity contribution in [3.8, 4) is 5.75 Å². The van der Waals surface area contributed by atoms with Crippen LogP contribution < -0.4 is 5.73 Å². The van der Waals surface area contributed by atoms with Crippen LogP contribution in [-0.2, 0) is 0 Å². The third-order valence-corrected chi connectivity index (χ3v) is 2.03. The molecule has 14 heavy (non-hydrogen) atoms. The lowest BCUT2D eigenvalue weighted by molar-refractivity contribution is 0.449. The summed E-state index contributed by atoms with van der Waals surface area (Å²) in [5.41, 5.74) is 5.45. The van der Waals surface area contributed by atoms with Crippen LogP contribution >= 0.6 is 0 Å². The number of hydrogen-bond acceptors (Lipinski definition) is 2. The molecule has 3 N–H and O–H groups in total. The number of phenols is 1. The predicted octanol–water partition coefficient (Wildman–Crippen LogP) is 2.47. The summed E-state index contributed by atoms with van der Waals surface area (Å²) >= 11 is 0. The van der Waals surface area contributed by atoms with E-state index in [-0.39, 0.29) is 5.56 Å². The van der Waals surface area contributed by atoms with Gasteiger partial charge in [0.05, 0.1) is 0 Å². The van der Waals surface area contributed by atoms with Crippen molar-refractivity contribution in [2.75, 3.05) is 0 Å². The van der Waals surface area contributed by atoms with Gasteiger partial charge in [0.1, 0.15) is 17.4 Å². The van der Waals surface area contributed by atoms with Gasteiger partial charge in [-0.3, -0.25) is 0 Å². The van der Waals surface area contributed by atoms with Gasteiger partial charge in [-0.05, 0) is 6.42 Å². The van der Waals surface area contributed by atoms with E-state index in [0.29, 0.717) is 6.42 Å². The number of hydrogen-bond donors (Lipinski definition) is 2. The summed E-state index contributed by atoms with van der Waals surface area (Å²) in [6, 6.07) is 1.09. The zero-order valence-corrected chi connectivity index (χ0v) is 7.93. The highest BCUT2D eigenvalue weighted by atomic mass is 19.1. The lowest BCUT2D eigenvalue weighted by Gasteiger charge is -2.12. The number of rotatable bonds is 3. The molecule has 78 valence electrons. The highest BCUT2D eigenvalue weighted by Gasteiger charge is 2.16. The average Bonchev–Trinajstić information content (AvgIpc) is 2.01. The van der Waals surface area contributed by atoms with Crippen LogP contribution in [0.1, 0.15) is 31.4 Å². The fourth-order valence-electron chi connectivity index (χ4n) is 1.38. The molecule has 0 heterocycles. The van der Waals surface area contributed by atoms with E-state index in [4.69, 9.17) is 10.8 Å². The summed E-state index contributed by atoms with van der Waals surface area (Å²) in [6.07, 6.45) is 1.26. The molecular weight excluding hydrogens is 188 g/mol. The topological polar surface area (TPSA) is 46.2 Å². The molecule has 0 spiro atoms. The first kappa shape index (κ1) is 10.9. The fraction of sp³-hybridized carbons (Fsp3) is 0.400. The Kier molecular flexibility index (Phi) is 3.41. The Bertz CT molecular complexity index is 305. The third-order valence-electron chi connectivity index (χ3n) is 2.03. The van der Waals surface area contributed by atoms with Gasteiger partial charge in [-0.15, -0.1) is 0 Å². The van der Waals surface area contributed by atoms with Gasteiger partial charge in [-0.2, -0.15) is 0 Å². The lowest BCUT2D eigenvalue weighted by Crippen LogP contribution is -2.13. The van der Waals surface area contributed by atoms with Gasteiger partial charge in [-0.1, -0.05) is 13.3 Å². The normalized spacial score (nSPS) is 12.9. The summed E-state index contributed by atoms with van der Waals surface area (Å²) in [6.45, 7) is 1.89. The zero-order chi connectivity index (χ0) is 10.7. The number of aromatic hydroxyl groups is 1. The number of phenolic OH excluding ortho intramolecular Hbond substituents is 1. The summed E-state index contributed by atoms with van der Waals surface area (Å²) in [5, 5.41) is 8.91. The third kappa shape index (κ3) is 2.20. The van der Waals surface area contributed by atoms with Crippen molar-refractivity contribution in [1.29, 1.82) is 0 Å². The van der Waals surface area contributed by atoms with E-state index < -0.39 is 23.4 Å². The Morgan fingerprint density at radius 1 is 1.36 bits per heavy atom. The molecule has 0 aliphatic heterocycles. The van der Waals surface area contributed by atoms with Gasteiger partial charge in [0.25, 0.3) is 0 Å². The molecule has 2 nitrogen and oxygen atoms in total.